The van der Waals surface area contributed by atoms with Crippen molar-refractivity contribution >= 4 is 23.5 Å². The van der Waals surface area contributed by atoms with E-state index in [0.29, 0.717) is 28.8 Å². The average Bonchev–Trinajstić information content (AvgIpc) is 2.87. The van der Waals surface area contributed by atoms with Gasteiger partial charge in [-0.05, 0) is 49.2 Å². The summed E-state index contributed by atoms with van der Waals surface area (Å²) in [5, 5.41) is 0. The maximum absolute atomic E-state index is 14.1. The summed E-state index contributed by atoms with van der Waals surface area (Å²) in [5.41, 5.74) is 4.23. The summed E-state index contributed by atoms with van der Waals surface area (Å²) in [6, 6.07) is 15.2. The zero-order valence-corrected chi connectivity index (χ0v) is 21.0. The lowest BCUT2D eigenvalue weighted by atomic mass is 9.99. The van der Waals surface area contributed by atoms with Gasteiger partial charge in [0.05, 0.1) is 11.1 Å². The van der Waals surface area contributed by atoms with Gasteiger partial charge in [-0.1, -0.05) is 48.5 Å². The molecular formula is C28H24F7N3O. The maximum Gasteiger partial charge on any atom is 0.416 e. The van der Waals surface area contributed by atoms with Crippen molar-refractivity contribution < 1.29 is 35.5 Å². The molecule has 0 aliphatic carbocycles. The third kappa shape index (κ3) is 8.36. The number of amidine groups is 1. The van der Waals surface area contributed by atoms with Crippen molar-refractivity contribution in [2.24, 2.45) is 15.7 Å². The molecule has 3 aromatic carbocycles. The minimum Gasteiger partial charge on any atom is -0.366 e. The number of hydrogen-bond acceptors (Lipinski definition) is 2. The first-order valence-electron chi connectivity index (χ1n) is 11.3. The second-order valence-electron chi connectivity index (χ2n) is 7.86. The summed E-state index contributed by atoms with van der Waals surface area (Å²) in [7, 11) is 1.23. The van der Waals surface area contributed by atoms with Gasteiger partial charge in [0.2, 0.25) is 5.91 Å². The molecule has 0 saturated carbocycles. The van der Waals surface area contributed by atoms with E-state index in [-0.39, 0.29) is 23.3 Å². The van der Waals surface area contributed by atoms with Crippen molar-refractivity contribution in [3.05, 3.63) is 101 Å². The average molecular weight is 552 g/mol. The lowest BCUT2D eigenvalue weighted by Crippen LogP contribution is -2.13. The number of aliphatic imine (C=N–C) groups is 2. The molecule has 0 heterocycles. The van der Waals surface area contributed by atoms with E-state index in [2.05, 4.69) is 9.98 Å². The van der Waals surface area contributed by atoms with Crippen molar-refractivity contribution in [2.75, 3.05) is 7.05 Å². The zero-order valence-electron chi connectivity index (χ0n) is 21.0. The van der Waals surface area contributed by atoms with Crippen LogP contribution < -0.4 is 5.73 Å². The fourth-order valence-corrected chi connectivity index (χ4v) is 3.45. The van der Waals surface area contributed by atoms with Crippen LogP contribution in [0.1, 0.15) is 36.1 Å². The molecule has 0 aromatic heterocycles. The molecule has 3 rings (SSSR count). The van der Waals surface area contributed by atoms with Gasteiger partial charge in [0.1, 0.15) is 5.82 Å². The molecular weight excluding hydrogens is 527 g/mol. The number of amides is 1. The Morgan fingerprint density at radius 2 is 1.38 bits per heavy atom. The van der Waals surface area contributed by atoms with Crippen LogP contribution in [0, 0.1) is 5.82 Å². The third-order valence-electron chi connectivity index (χ3n) is 5.23. The highest BCUT2D eigenvalue weighted by molar-refractivity contribution is 6.18. The summed E-state index contributed by atoms with van der Waals surface area (Å²) >= 11 is 0. The van der Waals surface area contributed by atoms with Crippen molar-refractivity contribution in [3.8, 4) is 11.1 Å². The Morgan fingerprint density at radius 3 is 1.79 bits per heavy atom. The van der Waals surface area contributed by atoms with Crippen LogP contribution in [0.25, 0.3) is 16.7 Å². The number of hydrogen-bond donors (Lipinski definition) is 1. The van der Waals surface area contributed by atoms with Gasteiger partial charge in [-0.25, -0.2) is 9.38 Å². The standard InChI is InChI=1S/C16H14FNO.C12H10F6N2/c1-2-13(16(18)19)12-8-9-14(15(17)10-12)11-6-4-3-5-7-11;1-3-20-10(19-2)7-4-8(11(13,14)15)6-9(5-7)12(16,17)18/h2-10H,1H3,(H2,18,19);3-6H,1-2H3/b13-2+;. The quantitative estimate of drug-likeness (QED) is 0.155. The molecule has 0 bridgehead atoms. The number of allylic oxidation sites excluding steroid dienone is 1. The third-order valence-corrected chi connectivity index (χ3v) is 5.23. The van der Waals surface area contributed by atoms with Crippen LogP contribution in [-0.2, 0) is 17.1 Å². The van der Waals surface area contributed by atoms with Crippen LogP contribution in [-0.4, -0.2) is 25.0 Å². The Bertz CT molecular complexity index is 1360. The van der Waals surface area contributed by atoms with E-state index in [9.17, 15) is 35.5 Å². The largest absolute Gasteiger partial charge is 0.416 e. The minimum atomic E-state index is -4.88. The first-order chi connectivity index (χ1) is 18.2. The fraction of sp³-hybridized carbons (Fsp3) is 0.179. The molecule has 0 fully saturated rings. The van der Waals surface area contributed by atoms with E-state index in [4.69, 9.17) is 5.73 Å². The molecule has 206 valence electrons. The Morgan fingerprint density at radius 1 is 0.821 bits per heavy atom. The highest BCUT2D eigenvalue weighted by Crippen LogP contribution is 2.36. The van der Waals surface area contributed by atoms with E-state index in [1.807, 2.05) is 30.3 Å². The number of nitrogens with two attached hydrogens (primary N) is 1. The SMILES string of the molecule is C/C=C(/C(N)=O)c1ccc(-c2ccccc2)c(F)c1.CC=NC(=NC)c1cc(C(F)(F)F)cc(C(F)(F)F)c1. The summed E-state index contributed by atoms with van der Waals surface area (Å²) < 4.78 is 90.0. The normalized spacial score (nSPS) is 12.8. The number of nitrogens with zero attached hydrogens (tertiary/aromatic N) is 2. The Hall–Kier alpha value is -4.28. The fourth-order valence-electron chi connectivity index (χ4n) is 3.45. The van der Waals surface area contributed by atoms with E-state index in [1.165, 1.54) is 26.3 Å². The molecule has 39 heavy (non-hydrogen) atoms. The summed E-state index contributed by atoms with van der Waals surface area (Å²) in [6.07, 6.45) is -6.95. The minimum absolute atomic E-state index is 0.0619. The van der Waals surface area contributed by atoms with Crippen molar-refractivity contribution in [3.63, 3.8) is 0 Å². The predicted octanol–water partition coefficient (Wildman–Crippen LogP) is 7.57. The van der Waals surface area contributed by atoms with Crippen molar-refractivity contribution in [2.45, 2.75) is 26.2 Å². The number of benzene rings is 3. The van der Waals surface area contributed by atoms with Crippen LogP contribution in [0.15, 0.2) is 82.8 Å². The summed E-state index contributed by atoms with van der Waals surface area (Å²) in [5.74, 6) is -1.14. The van der Waals surface area contributed by atoms with Gasteiger partial charge >= 0.3 is 12.4 Å². The molecule has 4 nitrogen and oxygen atoms in total. The topological polar surface area (TPSA) is 67.8 Å². The number of primary amides is 1. The molecule has 0 spiro atoms. The molecule has 11 heteroatoms. The van der Waals surface area contributed by atoms with Crippen molar-refractivity contribution in [1.29, 1.82) is 0 Å². The van der Waals surface area contributed by atoms with Crippen LogP contribution >= 0.6 is 0 Å². The predicted molar refractivity (Wildman–Crippen MR) is 138 cm³/mol. The smallest absolute Gasteiger partial charge is 0.366 e. The number of carbonyl (C=O) groups excluding carboxylic acids is 1. The molecule has 3 aromatic rings. The van der Waals surface area contributed by atoms with Gasteiger partial charge in [0.15, 0.2) is 5.84 Å². The molecule has 2 N–H and O–H groups in total. The first kappa shape index (κ1) is 30.9. The van der Waals surface area contributed by atoms with Gasteiger partial charge in [-0.2, -0.15) is 26.3 Å². The van der Waals surface area contributed by atoms with Crippen LogP contribution in [0.2, 0.25) is 0 Å². The lowest BCUT2D eigenvalue weighted by Gasteiger charge is -2.13. The van der Waals surface area contributed by atoms with Gasteiger partial charge in [-0.15, -0.1) is 0 Å². The number of carbonyl (C=O) groups is 1. The van der Waals surface area contributed by atoms with Crippen LogP contribution in [0.4, 0.5) is 30.7 Å². The lowest BCUT2D eigenvalue weighted by molar-refractivity contribution is -0.143. The zero-order chi connectivity index (χ0) is 29.4. The highest BCUT2D eigenvalue weighted by atomic mass is 19.4. The van der Waals surface area contributed by atoms with E-state index >= 15 is 0 Å². The monoisotopic (exact) mass is 551 g/mol. The van der Waals surface area contributed by atoms with E-state index in [1.54, 1.807) is 25.1 Å². The van der Waals surface area contributed by atoms with Gasteiger partial charge < -0.3 is 5.73 Å². The van der Waals surface area contributed by atoms with Crippen LogP contribution in [0.5, 0.6) is 0 Å². The van der Waals surface area contributed by atoms with E-state index < -0.39 is 29.4 Å². The Kier molecular flexibility index (Phi) is 10.3. The Labute approximate surface area is 220 Å². The highest BCUT2D eigenvalue weighted by Gasteiger charge is 2.37. The van der Waals surface area contributed by atoms with Gasteiger partial charge in [0.25, 0.3) is 0 Å². The molecule has 0 atom stereocenters. The molecule has 0 unspecified atom stereocenters. The second kappa shape index (κ2) is 13.0. The number of rotatable bonds is 4. The summed E-state index contributed by atoms with van der Waals surface area (Å²) in [6.45, 7) is 3.17. The molecule has 0 aliphatic rings. The molecule has 1 amide bonds. The van der Waals surface area contributed by atoms with Gasteiger partial charge in [0, 0.05) is 30.0 Å². The van der Waals surface area contributed by atoms with Gasteiger partial charge in [-0.3, -0.25) is 9.79 Å². The number of alkyl halides is 6. The molecule has 0 aliphatic heterocycles. The maximum atomic E-state index is 14.1. The van der Waals surface area contributed by atoms with Crippen molar-refractivity contribution in [1.82, 2.24) is 0 Å². The molecule has 0 radical (unpaired) electrons. The summed E-state index contributed by atoms with van der Waals surface area (Å²) in [4.78, 5) is 18.5. The van der Waals surface area contributed by atoms with E-state index in [0.717, 1.165) is 5.56 Å². The Balaban J connectivity index is 0.000000274. The van der Waals surface area contributed by atoms with Crippen LogP contribution in [0.3, 0.4) is 0 Å². The second-order valence-corrected chi connectivity index (χ2v) is 7.86. The first-order valence-corrected chi connectivity index (χ1v) is 11.3. The number of halogens is 7. The molecule has 0 saturated heterocycles.